The van der Waals surface area contributed by atoms with E-state index in [2.05, 4.69) is 22.9 Å². The molecule has 3 heteroatoms. The van der Waals surface area contributed by atoms with Gasteiger partial charge >= 0.3 is 0 Å². The molecule has 0 unspecified atom stereocenters. The minimum atomic E-state index is 0.575. The van der Waals surface area contributed by atoms with Gasteiger partial charge in [-0.15, -0.1) is 0 Å². The molecule has 0 aromatic carbocycles. The lowest BCUT2D eigenvalue weighted by Crippen LogP contribution is -2.32. The van der Waals surface area contributed by atoms with Crippen molar-refractivity contribution in [2.24, 2.45) is 5.92 Å². The summed E-state index contributed by atoms with van der Waals surface area (Å²) >= 11 is 5.77. The van der Waals surface area contributed by atoms with Crippen LogP contribution in [0.1, 0.15) is 31.7 Å². The lowest BCUT2D eigenvalue weighted by Gasteiger charge is -2.31. The molecule has 0 spiro atoms. The Morgan fingerprint density at radius 1 is 1.44 bits per heavy atom. The normalized spacial score (nSPS) is 16.4. The largest absolute Gasteiger partial charge is 0.299 e. The minimum absolute atomic E-state index is 0.575. The predicted molar refractivity (Wildman–Crippen MR) is 67.5 cm³/mol. The third-order valence-electron chi connectivity index (χ3n) is 3.38. The van der Waals surface area contributed by atoms with Crippen LogP contribution in [0.15, 0.2) is 18.3 Å². The zero-order valence-electron chi connectivity index (χ0n) is 9.82. The summed E-state index contributed by atoms with van der Waals surface area (Å²) in [5.74, 6) is 0.931. The van der Waals surface area contributed by atoms with Crippen LogP contribution < -0.4 is 0 Å². The summed E-state index contributed by atoms with van der Waals surface area (Å²) in [4.78, 5) is 6.61. The van der Waals surface area contributed by atoms with Gasteiger partial charge in [-0.25, -0.2) is 4.98 Å². The summed E-state index contributed by atoms with van der Waals surface area (Å²) in [6, 6.07) is 3.94. The van der Waals surface area contributed by atoms with Gasteiger partial charge < -0.3 is 0 Å². The molecule has 2 rings (SSSR count). The molecule has 0 bridgehead atoms. The first-order chi connectivity index (χ1) is 7.78. The van der Waals surface area contributed by atoms with Gasteiger partial charge in [0.05, 0.1) is 0 Å². The maximum absolute atomic E-state index is 5.77. The van der Waals surface area contributed by atoms with Crippen molar-refractivity contribution in [2.45, 2.75) is 32.7 Å². The van der Waals surface area contributed by atoms with Crippen molar-refractivity contribution in [3.8, 4) is 0 Å². The Hall–Kier alpha value is -0.600. The van der Waals surface area contributed by atoms with Gasteiger partial charge in [0.1, 0.15) is 5.15 Å². The van der Waals surface area contributed by atoms with E-state index in [0.717, 1.165) is 19.0 Å². The third kappa shape index (κ3) is 3.19. The van der Waals surface area contributed by atoms with E-state index in [-0.39, 0.29) is 0 Å². The number of hydrogen-bond acceptors (Lipinski definition) is 2. The van der Waals surface area contributed by atoms with Gasteiger partial charge in [0.2, 0.25) is 0 Å². The Balaban J connectivity index is 1.87. The Morgan fingerprint density at radius 3 is 2.75 bits per heavy atom. The Kier molecular flexibility index (Phi) is 4.19. The third-order valence-corrected chi connectivity index (χ3v) is 3.61. The zero-order chi connectivity index (χ0) is 11.4. The van der Waals surface area contributed by atoms with Crippen molar-refractivity contribution in [2.75, 3.05) is 13.1 Å². The zero-order valence-corrected chi connectivity index (χ0v) is 10.6. The van der Waals surface area contributed by atoms with Crippen molar-refractivity contribution >= 4 is 11.6 Å². The molecule has 1 aliphatic rings. The molecule has 0 saturated heterocycles. The molecular weight excluding hydrogens is 220 g/mol. The Labute approximate surface area is 103 Å². The molecule has 16 heavy (non-hydrogen) atoms. The van der Waals surface area contributed by atoms with E-state index in [4.69, 9.17) is 11.6 Å². The van der Waals surface area contributed by atoms with Crippen LogP contribution in [-0.4, -0.2) is 23.0 Å². The summed E-state index contributed by atoms with van der Waals surface area (Å²) in [5.41, 5.74) is 1.26. The van der Waals surface area contributed by atoms with E-state index in [1.165, 1.54) is 31.4 Å². The van der Waals surface area contributed by atoms with Crippen LogP contribution in [-0.2, 0) is 6.54 Å². The van der Waals surface area contributed by atoms with Crippen LogP contribution in [0.2, 0.25) is 5.15 Å². The second-order valence-corrected chi connectivity index (χ2v) is 5.00. The SMILES string of the molecule is CCN(Cc1ccc(Cl)nc1)CC1CCC1. The van der Waals surface area contributed by atoms with E-state index in [0.29, 0.717) is 5.15 Å². The summed E-state index contributed by atoms with van der Waals surface area (Å²) in [6.07, 6.45) is 6.13. The van der Waals surface area contributed by atoms with Crippen molar-refractivity contribution in [3.63, 3.8) is 0 Å². The molecule has 1 saturated carbocycles. The van der Waals surface area contributed by atoms with Crippen LogP contribution in [0.3, 0.4) is 0 Å². The molecule has 0 radical (unpaired) electrons. The predicted octanol–water partition coefficient (Wildman–Crippen LogP) is 3.36. The van der Waals surface area contributed by atoms with Gasteiger partial charge in [0.15, 0.2) is 0 Å². The highest BCUT2D eigenvalue weighted by atomic mass is 35.5. The maximum atomic E-state index is 5.77. The fourth-order valence-corrected chi connectivity index (χ4v) is 2.22. The number of rotatable bonds is 5. The van der Waals surface area contributed by atoms with Gasteiger partial charge in [-0.3, -0.25) is 4.90 Å². The van der Waals surface area contributed by atoms with Crippen LogP contribution >= 0.6 is 11.6 Å². The fraction of sp³-hybridized carbons (Fsp3) is 0.615. The molecule has 1 aromatic heterocycles. The fourth-order valence-electron chi connectivity index (χ4n) is 2.10. The van der Waals surface area contributed by atoms with E-state index >= 15 is 0 Å². The first-order valence-corrected chi connectivity index (χ1v) is 6.48. The quantitative estimate of drug-likeness (QED) is 0.732. The molecule has 0 amide bonds. The van der Waals surface area contributed by atoms with Crippen LogP contribution in [0.5, 0.6) is 0 Å². The molecule has 1 fully saturated rings. The van der Waals surface area contributed by atoms with Crippen molar-refractivity contribution in [1.82, 2.24) is 9.88 Å². The smallest absolute Gasteiger partial charge is 0.129 e. The molecular formula is C13H19ClN2. The average molecular weight is 239 g/mol. The second-order valence-electron chi connectivity index (χ2n) is 4.61. The van der Waals surface area contributed by atoms with Crippen LogP contribution in [0.4, 0.5) is 0 Å². The van der Waals surface area contributed by atoms with Gasteiger partial charge in [-0.05, 0) is 36.9 Å². The number of hydrogen-bond donors (Lipinski definition) is 0. The minimum Gasteiger partial charge on any atom is -0.299 e. The number of pyridine rings is 1. The highest BCUT2D eigenvalue weighted by Crippen LogP contribution is 2.27. The highest BCUT2D eigenvalue weighted by molar-refractivity contribution is 6.29. The summed E-state index contributed by atoms with van der Waals surface area (Å²) < 4.78 is 0. The second kappa shape index (κ2) is 5.65. The number of aromatic nitrogens is 1. The standard InChI is InChI=1S/C13H19ClN2/c1-2-16(9-11-4-3-5-11)10-12-6-7-13(14)15-8-12/h6-8,11H,2-5,9-10H2,1H3. The molecule has 0 aliphatic heterocycles. The molecule has 1 heterocycles. The van der Waals surface area contributed by atoms with Crippen molar-refractivity contribution in [3.05, 3.63) is 29.0 Å². The van der Waals surface area contributed by atoms with Crippen molar-refractivity contribution < 1.29 is 0 Å². The molecule has 1 aliphatic carbocycles. The first-order valence-electron chi connectivity index (χ1n) is 6.10. The summed E-state index contributed by atoms with van der Waals surface area (Å²) in [5, 5.41) is 0.575. The van der Waals surface area contributed by atoms with Crippen LogP contribution in [0.25, 0.3) is 0 Å². The van der Waals surface area contributed by atoms with Gasteiger partial charge in [0.25, 0.3) is 0 Å². The van der Waals surface area contributed by atoms with E-state index in [1.807, 2.05) is 12.3 Å². The number of nitrogens with zero attached hydrogens (tertiary/aromatic N) is 2. The highest BCUT2D eigenvalue weighted by Gasteiger charge is 2.19. The Bertz CT molecular complexity index is 319. The van der Waals surface area contributed by atoms with Gasteiger partial charge in [-0.2, -0.15) is 0 Å². The van der Waals surface area contributed by atoms with Gasteiger partial charge in [0, 0.05) is 19.3 Å². The van der Waals surface area contributed by atoms with Crippen molar-refractivity contribution in [1.29, 1.82) is 0 Å². The molecule has 0 atom stereocenters. The summed E-state index contributed by atoms with van der Waals surface area (Å²) in [7, 11) is 0. The average Bonchev–Trinajstić information content (AvgIpc) is 2.24. The lowest BCUT2D eigenvalue weighted by atomic mass is 9.85. The topological polar surface area (TPSA) is 16.1 Å². The van der Waals surface area contributed by atoms with E-state index in [9.17, 15) is 0 Å². The van der Waals surface area contributed by atoms with Gasteiger partial charge in [-0.1, -0.05) is 31.0 Å². The Morgan fingerprint density at radius 2 is 2.25 bits per heavy atom. The molecule has 88 valence electrons. The molecule has 2 nitrogen and oxygen atoms in total. The monoisotopic (exact) mass is 238 g/mol. The van der Waals surface area contributed by atoms with Crippen LogP contribution in [0, 0.1) is 5.92 Å². The van der Waals surface area contributed by atoms with E-state index in [1.54, 1.807) is 0 Å². The lowest BCUT2D eigenvalue weighted by molar-refractivity contribution is 0.178. The van der Waals surface area contributed by atoms with E-state index < -0.39 is 0 Å². The molecule has 0 N–H and O–H groups in total. The molecule has 1 aromatic rings. The number of halogens is 1. The first kappa shape index (κ1) is 11.9. The maximum Gasteiger partial charge on any atom is 0.129 e. The summed E-state index contributed by atoms with van der Waals surface area (Å²) in [6.45, 7) is 5.57.